The number of carboxylic acid groups (broad SMARTS) is 1. The first-order chi connectivity index (χ1) is 10.0. The third-order valence-electron chi connectivity index (χ3n) is 3.40. The van der Waals surface area contributed by atoms with Gasteiger partial charge in [0.05, 0.1) is 17.2 Å². The van der Waals surface area contributed by atoms with Gasteiger partial charge in [-0.05, 0) is 31.0 Å². The van der Waals surface area contributed by atoms with Gasteiger partial charge >= 0.3 is 12.0 Å². The Bertz CT molecular complexity index is 612. The minimum absolute atomic E-state index is 0.170. The van der Waals surface area contributed by atoms with Crippen LogP contribution in [0.3, 0.4) is 0 Å². The number of nitrogens with zero attached hydrogens (tertiary/aromatic N) is 2. The highest BCUT2D eigenvalue weighted by Crippen LogP contribution is 2.22. The van der Waals surface area contributed by atoms with E-state index in [-0.39, 0.29) is 6.54 Å². The highest BCUT2D eigenvalue weighted by molar-refractivity contribution is 6.31. The number of nitrogens with one attached hydrogen (secondary N) is 1. The summed E-state index contributed by atoms with van der Waals surface area (Å²) in [6.45, 7) is 0.668. The van der Waals surface area contributed by atoms with Crippen molar-refractivity contribution in [3.63, 3.8) is 0 Å². The second-order valence-corrected chi connectivity index (χ2v) is 5.29. The van der Waals surface area contributed by atoms with Gasteiger partial charge in [-0.15, -0.1) is 0 Å². The van der Waals surface area contributed by atoms with Crippen LogP contribution in [-0.4, -0.2) is 35.1 Å². The predicted octanol–water partition coefficient (Wildman–Crippen LogP) is 2.54. The molecule has 1 aliphatic rings. The maximum Gasteiger partial charge on any atom is 0.321 e. The van der Waals surface area contributed by atoms with Gasteiger partial charge in [-0.3, -0.25) is 4.79 Å². The highest BCUT2D eigenvalue weighted by Gasteiger charge is 2.28. The molecule has 0 aromatic heterocycles. The molecule has 21 heavy (non-hydrogen) atoms. The predicted molar refractivity (Wildman–Crippen MR) is 77.1 cm³/mol. The van der Waals surface area contributed by atoms with Gasteiger partial charge in [0.15, 0.2) is 0 Å². The molecule has 0 bridgehead atoms. The van der Waals surface area contributed by atoms with E-state index in [2.05, 4.69) is 5.32 Å². The Hall–Kier alpha value is -2.26. The smallest absolute Gasteiger partial charge is 0.321 e. The number of urea groups is 1. The van der Waals surface area contributed by atoms with Crippen molar-refractivity contribution in [3.8, 4) is 6.07 Å². The Balaban J connectivity index is 2.09. The molecular weight excluding hydrogens is 294 g/mol. The summed E-state index contributed by atoms with van der Waals surface area (Å²) in [7, 11) is 0. The minimum Gasteiger partial charge on any atom is -0.481 e. The molecule has 0 aliphatic carbocycles. The number of anilines is 1. The zero-order valence-electron chi connectivity index (χ0n) is 11.2. The topological polar surface area (TPSA) is 93.4 Å². The number of benzene rings is 1. The summed E-state index contributed by atoms with van der Waals surface area (Å²) in [5.74, 6) is -1.44. The van der Waals surface area contributed by atoms with Crippen LogP contribution in [0.4, 0.5) is 10.5 Å². The van der Waals surface area contributed by atoms with Crippen LogP contribution in [0.15, 0.2) is 18.2 Å². The quantitative estimate of drug-likeness (QED) is 0.878. The van der Waals surface area contributed by atoms with Crippen LogP contribution in [-0.2, 0) is 4.79 Å². The minimum atomic E-state index is -0.895. The molecule has 1 fully saturated rings. The molecule has 6 nitrogen and oxygen atoms in total. The lowest BCUT2D eigenvalue weighted by atomic mass is 9.99. The molecule has 2 rings (SSSR count). The van der Waals surface area contributed by atoms with Crippen LogP contribution in [0, 0.1) is 17.2 Å². The lowest BCUT2D eigenvalue weighted by Gasteiger charge is -2.30. The van der Waals surface area contributed by atoms with Crippen molar-refractivity contribution in [2.24, 2.45) is 5.92 Å². The summed E-state index contributed by atoms with van der Waals surface area (Å²) < 4.78 is 0. The summed E-state index contributed by atoms with van der Waals surface area (Å²) in [5.41, 5.74) is 0.631. The van der Waals surface area contributed by atoms with Crippen molar-refractivity contribution >= 4 is 29.3 Å². The fraction of sp³-hybridized carbons (Fsp3) is 0.357. The monoisotopic (exact) mass is 307 g/mol. The van der Waals surface area contributed by atoms with E-state index in [1.165, 1.54) is 17.0 Å². The van der Waals surface area contributed by atoms with E-state index < -0.39 is 17.9 Å². The van der Waals surface area contributed by atoms with Crippen molar-refractivity contribution in [3.05, 3.63) is 28.8 Å². The molecule has 2 N–H and O–H groups in total. The lowest BCUT2D eigenvalue weighted by molar-refractivity contribution is -0.143. The van der Waals surface area contributed by atoms with Gasteiger partial charge < -0.3 is 15.3 Å². The molecule has 1 aromatic rings. The van der Waals surface area contributed by atoms with Crippen LogP contribution in [0.1, 0.15) is 18.4 Å². The molecule has 1 aliphatic heterocycles. The van der Waals surface area contributed by atoms with E-state index in [0.29, 0.717) is 35.7 Å². The second-order valence-electron chi connectivity index (χ2n) is 4.86. The average Bonchev–Trinajstić information content (AvgIpc) is 2.47. The molecule has 0 spiro atoms. The number of nitriles is 1. The number of rotatable bonds is 2. The van der Waals surface area contributed by atoms with Gasteiger partial charge in [-0.2, -0.15) is 5.26 Å². The normalized spacial score (nSPS) is 17.9. The molecular formula is C14H14ClN3O3. The molecule has 2 amide bonds. The number of aliphatic carboxylic acids is 1. The Kier molecular flexibility index (Phi) is 4.66. The summed E-state index contributed by atoms with van der Waals surface area (Å²) in [5, 5.41) is 21.1. The van der Waals surface area contributed by atoms with Gasteiger partial charge in [0.2, 0.25) is 0 Å². The molecule has 0 unspecified atom stereocenters. The number of hydrogen-bond acceptors (Lipinski definition) is 3. The van der Waals surface area contributed by atoms with Crippen molar-refractivity contribution in [1.29, 1.82) is 5.26 Å². The maximum absolute atomic E-state index is 12.2. The average molecular weight is 308 g/mol. The van der Waals surface area contributed by atoms with E-state index in [1.807, 2.05) is 6.07 Å². The lowest BCUT2D eigenvalue weighted by Crippen LogP contribution is -2.44. The first-order valence-corrected chi connectivity index (χ1v) is 6.87. The van der Waals surface area contributed by atoms with E-state index >= 15 is 0 Å². The van der Waals surface area contributed by atoms with Crippen LogP contribution in [0.2, 0.25) is 5.02 Å². The van der Waals surface area contributed by atoms with E-state index in [1.54, 1.807) is 6.07 Å². The first kappa shape index (κ1) is 15.1. The van der Waals surface area contributed by atoms with Crippen molar-refractivity contribution in [2.45, 2.75) is 12.8 Å². The van der Waals surface area contributed by atoms with Crippen LogP contribution < -0.4 is 5.32 Å². The van der Waals surface area contributed by atoms with Gasteiger partial charge in [0.25, 0.3) is 0 Å². The van der Waals surface area contributed by atoms with E-state index in [9.17, 15) is 9.59 Å². The van der Waals surface area contributed by atoms with Gasteiger partial charge in [-0.1, -0.05) is 11.6 Å². The number of carbonyl (C=O) groups excluding carboxylic acids is 1. The number of piperidine rings is 1. The molecule has 0 radical (unpaired) electrons. The molecule has 7 heteroatoms. The van der Waals surface area contributed by atoms with Gasteiger partial charge in [0.1, 0.15) is 6.07 Å². The van der Waals surface area contributed by atoms with Gasteiger partial charge in [0, 0.05) is 18.1 Å². The molecule has 1 atom stereocenters. The van der Waals surface area contributed by atoms with Crippen molar-refractivity contribution in [1.82, 2.24) is 4.90 Å². The van der Waals surface area contributed by atoms with Crippen LogP contribution in [0.5, 0.6) is 0 Å². The second kappa shape index (κ2) is 6.46. The Morgan fingerprint density at radius 3 is 2.90 bits per heavy atom. The Labute approximate surface area is 126 Å². The number of halogens is 1. The fourth-order valence-corrected chi connectivity index (χ4v) is 2.45. The summed E-state index contributed by atoms with van der Waals surface area (Å²) >= 11 is 5.86. The maximum atomic E-state index is 12.2. The molecule has 1 heterocycles. The third-order valence-corrected chi connectivity index (χ3v) is 3.64. The third kappa shape index (κ3) is 3.64. The Morgan fingerprint density at radius 2 is 2.24 bits per heavy atom. The highest BCUT2D eigenvalue weighted by atomic mass is 35.5. The molecule has 0 saturated carbocycles. The number of carbonyl (C=O) groups is 2. The number of hydrogen-bond donors (Lipinski definition) is 2. The largest absolute Gasteiger partial charge is 0.481 e. The SMILES string of the molecule is N#Cc1ccc(Cl)cc1NC(=O)N1CCC[C@@H](C(=O)O)C1. The molecule has 1 aromatic carbocycles. The zero-order valence-corrected chi connectivity index (χ0v) is 11.9. The molecule has 110 valence electrons. The first-order valence-electron chi connectivity index (χ1n) is 6.49. The summed E-state index contributed by atoms with van der Waals surface area (Å²) in [6.07, 6.45) is 1.21. The van der Waals surface area contributed by atoms with E-state index in [4.69, 9.17) is 22.0 Å². The fourth-order valence-electron chi connectivity index (χ4n) is 2.27. The van der Waals surface area contributed by atoms with Gasteiger partial charge in [-0.25, -0.2) is 4.79 Å². The summed E-state index contributed by atoms with van der Waals surface area (Å²) in [6, 6.07) is 6.14. The number of amides is 2. The van der Waals surface area contributed by atoms with Crippen molar-refractivity contribution < 1.29 is 14.7 Å². The van der Waals surface area contributed by atoms with E-state index in [0.717, 1.165) is 0 Å². The zero-order chi connectivity index (χ0) is 15.4. The summed E-state index contributed by atoms with van der Waals surface area (Å²) in [4.78, 5) is 24.6. The van der Waals surface area contributed by atoms with Crippen LogP contribution in [0.25, 0.3) is 0 Å². The number of carboxylic acids is 1. The molecule has 1 saturated heterocycles. The van der Waals surface area contributed by atoms with Crippen LogP contribution >= 0.6 is 11.6 Å². The standard InChI is InChI=1S/C14H14ClN3O3/c15-11-4-3-9(7-16)12(6-11)17-14(21)18-5-1-2-10(8-18)13(19)20/h3-4,6,10H,1-2,5,8H2,(H,17,21)(H,19,20)/t10-/m1/s1. The van der Waals surface area contributed by atoms with Crippen molar-refractivity contribution in [2.75, 3.05) is 18.4 Å². The number of likely N-dealkylation sites (tertiary alicyclic amines) is 1. The Morgan fingerprint density at radius 1 is 1.48 bits per heavy atom.